The molecule has 11 nitrogen and oxygen atoms in total. The molecule has 0 aliphatic rings. The maximum absolute atomic E-state index is 11.0. The Balaban J connectivity index is 0.000000131. The molecule has 0 aliphatic carbocycles. The fourth-order valence-corrected chi connectivity index (χ4v) is 1.63. The van der Waals surface area contributed by atoms with Crippen LogP contribution in [0.1, 0.15) is 0 Å². The van der Waals surface area contributed by atoms with Crippen LogP contribution in [-0.4, -0.2) is 44.8 Å². The molecule has 0 radical (unpaired) electrons. The second-order valence-electron chi connectivity index (χ2n) is 3.86. The van der Waals surface area contributed by atoms with E-state index in [0.29, 0.717) is 10.4 Å². The summed E-state index contributed by atoms with van der Waals surface area (Å²) in [4.78, 5) is 43.9. The molecule has 0 saturated heterocycles. The Morgan fingerprint density at radius 2 is 2.00 bits per heavy atom. The lowest BCUT2D eigenvalue weighted by molar-refractivity contribution is 0.197. The quantitative estimate of drug-likeness (QED) is 0.302. The number of rotatable bonds is 0. The molecule has 0 aliphatic heterocycles. The molecule has 21 heavy (non-hydrogen) atoms. The first-order chi connectivity index (χ1) is 10.1. The third-order valence-electron chi connectivity index (χ3n) is 2.52. The van der Waals surface area contributed by atoms with Gasteiger partial charge in [0.05, 0.1) is 12.5 Å². The molecule has 0 unspecified atom stereocenters. The first kappa shape index (κ1) is 12.5. The Hall–Kier alpha value is -3.50. The number of H-pyrrole nitrogens is 3. The van der Waals surface area contributed by atoms with E-state index in [1.165, 1.54) is 6.33 Å². The molecular formula is C10H8N8O3. The number of hydrogen-bond acceptors (Lipinski definition) is 7. The summed E-state index contributed by atoms with van der Waals surface area (Å²) in [5.41, 5.74) is 0.253. The minimum Gasteiger partial charge on any atom is -0.427 e. The van der Waals surface area contributed by atoms with Gasteiger partial charge in [-0.3, -0.25) is 14.8 Å². The summed E-state index contributed by atoms with van der Waals surface area (Å²) in [6, 6.07) is 0. The van der Waals surface area contributed by atoms with Crippen molar-refractivity contribution in [2.45, 2.75) is 0 Å². The van der Waals surface area contributed by atoms with Crippen LogP contribution in [0.3, 0.4) is 0 Å². The zero-order valence-corrected chi connectivity index (χ0v) is 10.3. The Labute approximate surface area is 114 Å². The summed E-state index contributed by atoms with van der Waals surface area (Å²) in [6.07, 6.45) is 5.79. The highest BCUT2D eigenvalue weighted by molar-refractivity contribution is 5.68. The minimum atomic E-state index is -0.672. The number of aromatic nitrogens is 8. The van der Waals surface area contributed by atoms with Crippen LogP contribution in [0.4, 0.5) is 0 Å². The predicted octanol–water partition coefficient (Wildman–Crippen LogP) is -0.997. The SMILES string of the molecule is O=c1[nH]c(=O)c2c(ncn2O)[nH]1.c1ncc2[nH]cnc2n1. The van der Waals surface area contributed by atoms with Gasteiger partial charge in [0.2, 0.25) is 0 Å². The summed E-state index contributed by atoms with van der Waals surface area (Å²) in [5, 5.41) is 9.00. The van der Waals surface area contributed by atoms with E-state index >= 15 is 0 Å². The smallest absolute Gasteiger partial charge is 0.327 e. The number of nitrogens with zero attached hydrogens (tertiary/aromatic N) is 5. The molecule has 0 aromatic carbocycles. The van der Waals surface area contributed by atoms with Gasteiger partial charge < -0.3 is 10.2 Å². The molecule has 0 fully saturated rings. The molecule has 0 spiro atoms. The zero-order chi connectivity index (χ0) is 14.8. The maximum atomic E-state index is 11.0. The van der Waals surface area contributed by atoms with Crippen LogP contribution in [0.15, 0.2) is 34.8 Å². The standard InChI is InChI=1S/C5H4N4O3.C5H4N4/c10-4-2-3(6-1-9(2)12)7-5(11)8-4;1-4-5(8-2-6-1)9-3-7-4/h1,12H,(H2,7,8,10,11);1-3H,(H,6,7,8,9). The van der Waals surface area contributed by atoms with Crippen LogP contribution in [0.2, 0.25) is 0 Å². The summed E-state index contributed by atoms with van der Waals surface area (Å²) in [5.74, 6) is 0. The van der Waals surface area contributed by atoms with Crippen molar-refractivity contribution in [1.29, 1.82) is 0 Å². The lowest BCUT2D eigenvalue weighted by atomic mass is 10.5. The van der Waals surface area contributed by atoms with Crippen molar-refractivity contribution in [2.75, 3.05) is 0 Å². The molecule has 4 aromatic rings. The molecule has 0 amide bonds. The number of nitrogens with one attached hydrogen (secondary N) is 3. The third kappa shape index (κ3) is 2.34. The lowest BCUT2D eigenvalue weighted by Crippen LogP contribution is -2.22. The van der Waals surface area contributed by atoms with Crippen molar-refractivity contribution in [2.24, 2.45) is 0 Å². The molecule has 0 atom stereocenters. The van der Waals surface area contributed by atoms with Gasteiger partial charge >= 0.3 is 5.69 Å². The van der Waals surface area contributed by atoms with Crippen molar-refractivity contribution >= 4 is 22.3 Å². The van der Waals surface area contributed by atoms with Gasteiger partial charge in [0.25, 0.3) is 5.56 Å². The molecule has 4 rings (SSSR count). The van der Waals surface area contributed by atoms with Gasteiger partial charge in [-0.05, 0) is 0 Å². The number of imidazole rings is 2. The normalized spacial score (nSPS) is 10.5. The van der Waals surface area contributed by atoms with Crippen LogP contribution in [0.25, 0.3) is 22.3 Å². The van der Waals surface area contributed by atoms with Crippen molar-refractivity contribution < 1.29 is 5.21 Å². The van der Waals surface area contributed by atoms with E-state index in [0.717, 1.165) is 11.8 Å². The number of fused-ring (bicyclic) bond motifs is 2. The van der Waals surface area contributed by atoms with E-state index in [1.807, 2.05) is 4.98 Å². The average Bonchev–Trinajstić information content (AvgIpc) is 3.06. The molecule has 106 valence electrons. The van der Waals surface area contributed by atoms with Gasteiger partial charge in [0, 0.05) is 0 Å². The highest BCUT2D eigenvalue weighted by Crippen LogP contribution is 1.99. The highest BCUT2D eigenvalue weighted by Gasteiger charge is 2.06. The van der Waals surface area contributed by atoms with Crippen LogP contribution < -0.4 is 11.2 Å². The predicted molar refractivity (Wildman–Crippen MR) is 69.8 cm³/mol. The zero-order valence-electron chi connectivity index (χ0n) is 10.3. The van der Waals surface area contributed by atoms with E-state index in [-0.39, 0.29) is 11.2 Å². The maximum Gasteiger partial charge on any atom is 0.327 e. The van der Waals surface area contributed by atoms with Gasteiger partial charge in [-0.2, -0.15) is 4.73 Å². The minimum absolute atomic E-state index is 0.0613. The molecular weight excluding hydrogens is 280 g/mol. The van der Waals surface area contributed by atoms with E-state index in [4.69, 9.17) is 5.21 Å². The Kier molecular flexibility index (Phi) is 2.91. The summed E-state index contributed by atoms with van der Waals surface area (Å²) in [6.45, 7) is 0. The van der Waals surface area contributed by atoms with Gasteiger partial charge in [-0.25, -0.2) is 24.7 Å². The first-order valence-corrected chi connectivity index (χ1v) is 5.63. The fourth-order valence-electron chi connectivity index (χ4n) is 1.63. The van der Waals surface area contributed by atoms with Crippen molar-refractivity contribution in [3.05, 3.63) is 46.0 Å². The van der Waals surface area contributed by atoms with E-state index < -0.39 is 11.2 Å². The Bertz CT molecular complexity index is 980. The van der Waals surface area contributed by atoms with Crippen LogP contribution >= 0.6 is 0 Å². The van der Waals surface area contributed by atoms with Crippen LogP contribution in [0.5, 0.6) is 0 Å². The fraction of sp³-hybridized carbons (Fsp3) is 0. The number of aromatic amines is 3. The third-order valence-corrected chi connectivity index (χ3v) is 2.52. The van der Waals surface area contributed by atoms with E-state index in [9.17, 15) is 9.59 Å². The molecule has 4 N–H and O–H groups in total. The van der Waals surface area contributed by atoms with Crippen molar-refractivity contribution in [3.8, 4) is 0 Å². The van der Waals surface area contributed by atoms with Crippen molar-refractivity contribution in [1.82, 2.24) is 39.6 Å². The largest absolute Gasteiger partial charge is 0.427 e. The first-order valence-electron chi connectivity index (χ1n) is 5.63. The number of hydrogen-bond donors (Lipinski definition) is 4. The summed E-state index contributed by atoms with van der Waals surface area (Å²) >= 11 is 0. The topological polar surface area (TPSA) is 158 Å². The molecule has 0 bridgehead atoms. The monoisotopic (exact) mass is 288 g/mol. The van der Waals surface area contributed by atoms with Gasteiger partial charge in [-0.15, -0.1) is 0 Å². The Morgan fingerprint density at radius 1 is 1.14 bits per heavy atom. The molecule has 0 saturated carbocycles. The van der Waals surface area contributed by atoms with E-state index in [2.05, 4.69) is 29.9 Å². The highest BCUT2D eigenvalue weighted by atomic mass is 16.5. The van der Waals surface area contributed by atoms with Gasteiger partial charge in [0.15, 0.2) is 16.8 Å². The molecule has 4 aromatic heterocycles. The van der Waals surface area contributed by atoms with Crippen LogP contribution in [0, 0.1) is 0 Å². The van der Waals surface area contributed by atoms with Gasteiger partial charge in [0.1, 0.15) is 18.2 Å². The van der Waals surface area contributed by atoms with E-state index in [1.54, 1.807) is 12.5 Å². The van der Waals surface area contributed by atoms with Gasteiger partial charge in [-0.1, -0.05) is 0 Å². The second-order valence-corrected chi connectivity index (χ2v) is 3.86. The summed E-state index contributed by atoms with van der Waals surface area (Å²) < 4.78 is 0.546. The molecule has 4 heterocycles. The lowest BCUT2D eigenvalue weighted by Gasteiger charge is -1.88. The Morgan fingerprint density at radius 3 is 2.81 bits per heavy atom. The van der Waals surface area contributed by atoms with Crippen LogP contribution in [-0.2, 0) is 0 Å². The summed E-state index contributed by atoms with van der Waals surface area (Å²) in [7, 11) is 0. The van der Waals surface area contributed by atoms with Crippen molar-refractivity contribution in [3.63, 3.8) is 0 Å². The average molecular weight is 288 g/mol. The second kappa shape index (κ2) is 4.88. The molecule has 11 heteroatoms.